The minimum Gasteiger partial charge on any atom is -0.495 e. The Kier molecular flexibility index (Phi) is 5.51. The van der Waals surface area contributed by atoms with Crippen LogP contribution in [0.15, 0.2) is 36.4 Å². The second-order valence-electron chi connectivity index (χ2n) is 6.12. The van der Waals surface area contributed by atoms with E-state index in [9.17, 15) is 14.0 Å². The molecule has 3 rings (SSSR count). The lowest BCUT2D eigenvalue weighted by atomic mass is 10.2. The lowest BCUT2D eigenvalue weighted by molar-refractivity contribution is -0.122. The zero-order valence-electron chi connectivity index (χ0n) is 14.7. The molecule has 0 saturated heterocycles. The second-order valence-corrected chi connectivity index (χ2v) is 6.53. The molecule has 2 amide bonds. The number of halogens is 2. The number of hydrogen-bond acceptors (Lipinski definition) is 4. The van der Waals surface area contributed by atoms with Crippen molar-refractivity contribution >= 4 is 34.8 Å². The van der Waals surface area contributed by atoms with Gasteiger partial charge in [0.25, 0.3) is 0 Å². The van der Waals surface area contributed by atoms with Gasteiger partial charge in [0.2, 0.25) is 11.8 Å². The molecule has 1 aliphatic rings. The first-order valence-corrected chi connectivity index (χ1v) is 8.59. The van der Waals surface area contributed by atoms with Crippen LogP contribution in [0.5, 0.6) is 11.5 Å². The van der Waals surface area contributed by atoms with E-state index < -0.39 is 17.7 Å². The van der Waals surface area contributed by atoms with Gasteiger partial charge in [0, 0.05) is 17.8 Å². The van der Waals surface area contributed by atoms with Crippen molar-refractivity contribution in [2.75, 3.05) is 24.9 Å². The lowest BCUT2D eigenvalue weighted by Crippen LogP contribution is -2.21. The van der Waals surface area contributed by atoms with Crippen molar-refractivity contribution in [3.05, 3.63) is 47.2 Å². The summed E-state index contributed by atoms with van der Waals surface area (Å²) < 4.78 is 23.6. The van der Waals surface area contributed by atoms with Gasteiger partial charge >= 0.3 is 0 Å². The molecule has 2 aromatic carbocycles. The normalized spacial score (nSPS) is 17.8. The highest BCUT2D eigenvalue weighted by Crippen LogP contribution is 2.42. The molecule has 142 valence electrons. The molecule has 6 nitrogen and oxygen atoms in total. The summed E-state index contributed by atoms with van der Waals surface area (Å²) >= 11 is 6.05. The first-order valence-electron chi connectivity index (χ1n) is 8.21. The molecular weight excluding hydrogens is 375 g/mol. The van der Waals surface area contributed by atoms with Gasteiger partial charge < -0.3 is 20.1 Å². The summed E-state index contributed by atoms with van der Waals surface area (Å²) in [6.45, 7) is 0. The summed E-state index contributed by atoms with van der Waals surface area (Å²) in [6, 6.07) is 8.70. The van der Waals surface area contributed by atoms with Crippen LogP contribution in [0.1, 0.15) is 6.42 Å². The third-order valence-corrected chi connectivity index (χ3v) is 4.58. The Balaban J connectivity index is 1.64. The van der Waals surface area contributed by atoms with Crippen LogP contribution < -0.4 is 20.1 Å². The molecule has 2 unspecified atom stereocenters. The quantitative estimate of drug-likeness (QED) is 0.785. The summed E-state index contributed by atoms with van der Waals surface area (Å²) in [5, 5.41) is 5.71. The van der Waals surface area contributed by atoms with E-state index in [2.05, 4.69) is 10.6 Å². The number of ether oxygens (including phenoxy) is 2. The van der Waals surface area contributed by atoms with E-state index in [1.807, 2.05) is 0 Å². The molecule has 1 saturated carbocycles. The first-order chi connectivity index (χ1) is 12.9. The Morgan fingerprint density at radius 3 is 2.33 bits per heavy atom. The standard InChI is InChI=1S/C19H18ClFN2O4/c1-26-16-9-15(17(27-2)8-14(16)20)23-19(25)13-7-12(13)18(24)22-11-5-3-4-10(21)6-11/h3-6,8-9,12-13H,7H2,1-2H3,(H,22,24)(H,23,25). The van der Waals surface area contributed by atoms with Crippen molar-refractivity contribution in [1.29, 1.82) is 0 Å². The van der Waals surface area contributed by atoms with E-state index in [1.54, 1.807) is 12.1 Å². The Hall–Kier alpha value is -2.80. The van der Waals surface area contributed by atoms with Gasteiger partial charge in [-0.2, -0.15) is 0 Å². The third kappa shape index (κ3) is 4.31. The molecule has 27 heavy (non-hydrogen) atoms. The minimum atomic E-state index is -0.468. The van der Waals surface area contributed by atoms with Crippen molar-refractivity contribution in [3.8, 4) is 11.5 Å². The largest absolute Gasteiger partial charge is 0.495 e. The third-order valence-electron chi connectivity index (χ3n) is 4.29. The zero-order valence-corrected chi connectivity index (χ0v) is 15.5. The van der Waals surface area contributed by atoms with E-state index in [-0.39, 0.29) is 11.8 Å². The Labute approximate surface area is 160 Å². The fourth-order valence-electron chi connectivity index (χ4n) is 2.76. The van der Waals surface area contributed by atoms with Crippen LogP contribution in [0, 0.1) is 17.7 Å². The molecule has 2 N–H and O–H groups in total. The number of rotatable bonds is 6. The minimum absolute atomic E-state index is 0.308. The molecule has 1 aliphatic carbocycles. The highest BCUT2D eigenvalue weighted by Gasteiger charge is 2.48. The van der Waals surface area contributed by atoms with Gasteiger partial charge in [0.1, 0.15) is 17.3 Å². The number of carbonyl (C=O) groups excluding carboxylic acids is 2. The first kappa shape index (κ1) is 19.0. The molecule has 2 aromatic rings. The summed E-state index contributed by atoms with van der Waals surface area (Å²) in [6.07, 6.45) is 0.417. The number of carbonyl (C=O) groups is 2. The molecule has 1 fully saturated rings. The molecule has 0 spiro atoms. The predicted molar refractivity (Wildman–Crippen MR) is 99.8 cm³/mol. The maximum atomic E-state index is 13.2. The Morgan fingerprint density at radius 2 is 1.70 bits per heavy atom. The molecule has 0 aromatic heterocycles. The van der Waals surface area contributed by atoms with E-state index >= 15 is 0 Å². The fraction of sp³-hybridized carbons (Fsp3) is 0.263. The van der Waals surface area contributed by atoms with Crippen LogP contribution in [0.2, 0.25) is 5.02 Å². The van der Waals surface area contributed by atoms with E-state index in [0.717, 1.165) is 0 Å². The van der Waals surface area contributed by atoms with Crippen molar-refractivity contribution in [2.24, 2.45) is 11.8 Å². The van der Waals surface area contributed by atoms with Crippen LogP contribution in [0.3, 0.4) is 0 Å². The highest BCUT2D eigenvalue weighted by atomic mass is 35.5. The molecule has 8 heteroatoms. The summed E-state index contributed by atoms with van der Waals surface area (Å²) in [7, 11) is 2.92. The number of hydrogen-bond donors (Lipinski definition) is 2. The number of anilines is 2. The van der Waals surface area contributed by atoms with Crippen molar-refractivity contribution < 1.29 is 23.5 Å². The van der Waals surface area contributed by atoms with Crippen LogP contribution in [0.4, 0.5) is 15.8 Å². The van der Waals surface area contributed by atoms with Gasteiger partial charge in [-0.15, -0.1) is 0 Å². The fourth-order valence-corrected chi connectivity index (χ4v) is 2.99. The van der Waals surface area contributed by atoms with Gasteiger partial charge in [-0.05, 0) is 24.6 Å². The number of amides is 2. The summed E-state index contributed by atoms with van der Waals surface area (Å²) in [5.74, 6) is -1.22. The lowest BCUT2D eigenvalue weighted by Gasteiger charge is -2.13. The average Bonchev–Trinajstić information content (AvgIpc) is 3.44. The Bertz CT molecular complexity index is 890. The van der Waals surface area contributed by atoms with Gasteiger partial charge in [-0.3, -0.25) is 9.59 Å². The van der Waals surface area contributed by atoms with Crippen LogP contribution in [-0.4, -0.2) is 26.0 Å². The maximum absolute atomic E-state index is 13.2. The van der Waals surface area contributed by atoms with E-state index in [0.29, 0.717) is 34.3 Å². The number of methoxy groups -OCH3 is 2. The van der Waals surface area contributed by atoms with Crippen molar-refractivity contribution in [1.82, 2.24) is 0 Å². The topological polar surface area (TPSA) is 76.7 Å². The molecule has 2 atom stereocenters. The number of benzene rings is 2. The summed E-state index contributed by atoms with van der Waals surface area (Å²) in [4.78, 5) is 24.7. The smallest absolute Gasteiger partial charge is 0.228 e. The van der Waals surface area contributed by atoms with Crippen LogP contribution >= 0.6 is 11.6 Å². The second kappa shape index (κ2) is 7.84. The molecule has 0 radical (unpaired) electrons. The highest BCUT2D eigenvalue weighted by molar-refractivity contribution is 6.32. The van der Waals surface area contributed by atoms with Crippen LogP contribution in [0.25, 0.3) is 0 Å². The van der Waals surface area contributed by atoms with Gasteiger partial charge in [-0.1, -0.05) is 17.7 Å². The van der Waals surface area contributed by atoms with Gasteiger partial charge in [0.05, 0.1) is 36.8 Å². The van der Waals surface area contributed by atoms with Gasteiger partial charge in [0.15, 0.2) is 0 Å². The van der Waals surface area contributed by atoms with Crippen molar-refractivity contribution in [2.45, 2.75) is 6.42 Å². The summed E-state index contributed by atoms with van der Waals surface area (Å²) in [5.41, 5.74) is 0.759. The van der Waals surface area contributed by atoms with Crippen molar-refractivity contribution in [3.63, 3.8) is 0 Å². The average molecular weight is 393 g/mol. The van der Waals surface area contributed by atoms with Crippen LogP contribution in [-0.2, 0) is 9.59 Å². The molecule has 0 heterocycles. The zero-order chi connectivity index (χ0) is 19.6. The molecule has 0 bridgehead atoms. The van der Waals surface area contributed by atoms with E-state index in [4.69, 9.17) is 21.1 Å². The van der Waals surface area contributed by atoms with E-state index in [1.165, 1.54) is 38.5 Å². The molecule has 0 aliphatic heterocycles. The SMILES string of the molecule is COc1cc(NC(=O)C2CC2C(=O)Nc2cccc(F)c2)c(OC)cc1Cl. The maximum Gasteiger partial charge on any atom is 0.228 e. The molecular formula is C19H18ClFN2O4. The Morgan fingerprint density at radius 1 is 1.04 bits per heavy atom. The number of nitrogens with one attached hydrogen (secondary N) is 2. The van der Waals surface area contributed by atoms with Gasteiger partial charge in [-0.25, -0.2) is 4.39 Å². The monoisotopic (exact) mass is 392 g/mol. The predicted octanol–water partition coefficient (Wildman–Crippen LogP) is 3.71.